The van der Waals surface area contributed by atoms with Crippen molar-refractivity contribution in [1.82, 2.24) is 5.32 Å². The predicted octanol–water partition coefficient (Wildman–Crippen LogP) is 2.05. The number of carbonyl (C=O) groups is 1. The van der Waals surface area contributed by atoms with Gasteiger partial charge in [0.2, 0.25) is 0 Å². The van der Waals surface area contributed by atoms with Crippen LogP contribution in [0.15, 0.2) is 29.3 Å². The number of nitrogen functional groups attached to an aromatic ring is 1. The summed E-state index contributed by atoms with van der Waals surface area (Å²) in [5, 5.41) is 2.58. The van der Waals surface area contributed by atoms with E-state index in [0.29, 0.717) is 16.6 Å². The van der Waals surface area contributed by atoms with Crippen molar-refractivity contribution >= 4 is 27.5 Å². The van der Waals surface area contributed by atoms with Crippen LogP contribution < -0.4 is 11.1 Å². The molecule has 0 radical (unpaired) electrons. The number of amides is 1. The summed E-state index contributed by atoms with van der Waals surface area (Å²) in [6.07, 6.45) is 0. The van der Waals surface area contributed by atoms with Crippen molar-refractivity contribution in [1.29, 1.82) is 0 Å². The summed E-state index contributed by atoms with van der Waals surface area (Å²) in [6.45, 7) is 3.89. The molecule has 0 aromatic heterocycles. The number of halogens is 2. The second kappa shape index (κ2) is 4.93. The lowest BCUT2D eigenvalue weighted by Crippen LogP contribution is -2.24. The molecule has 0 saturated heterocycles. The topological polar surface area (TPSA) is 55.1 Å². The van der Waals surface area contributed by atoms with Gasteiger partial charge in [0.15, 0.2) is 0 Å². The summed E-state index contributed by atoms with van der Waals surface area (Å²) >= 11 is 3.11. The van der Waals surface area contributed by atoms with Gasteiger partial charge in [-0.1, -0.05) is 22.5 Å². The molecule has 0 aliphatic heterocycles. The molecule has 5 heteroatoms. The van der Waals surface area contributed by atoms with Crippen LogP contribution in [-0.4, -0.2) is 12.5 Å². The van der Waals surface area contributed by atoms with Crippen LogP contribution in [0.2, 0.25) is 0 Å². The molecular weight excluding hydrogens is 263 g/mol. The first-order valence-electron chi connectivity index (χ1n) is 4.17. The smallest absolute Gasteiger partial charge is 0.251 e. The van der Waals surface area contributed by atoms with Gasteiger partial charge in [0, 0.05) is 16.6 Å². The zero-order valence-electron chi connectivity index (χ0n) is 7.89. The van der Waals surface area contributed by atoms with Gasteiger partial charge in [0.05, 0.1) is 5.69 Å². The van der Waals surface area contributed by atoms with Crippen LogP contribution in [0.1, 0.15) is 10.4 Å². The Morgan fingerprint density at radius 1 is 1.60 bits per heavy atom. The molecule has 0 heterocycles. The number of hydrogen-bond donors (Lipinski definition) is 2. The highest BCUT2D eigenvalue weighted by Crippen LogP contribution is 2.12. The van der Waals surface area contributed by atoms with Crippen LogP contribution in [0.4, 0.5) is 10.1 Å². The molecule has 0 aliphatic carbocycles. The first-order chi connectivity index (χ1) is 7.00. The number of rotatable bonds is 3. The van der Waals surface area contributed by atoms with Crippen LogP contribution in [0, 0.1) is 5.82 Å². The Hall–Kier alpha value is -1.36. The SMILES string of the molecule is C=C(Br)CNC(=O)c1ccc(F)c(N)c1. The van der Waals surface area contributed by atoms with E-state index in [0.717, 1.165) is 6.07 Å². The number of nitrogens with two attached hydrogens (primary N) is 1. The molecule has 80 valence electrons. The Morgan fingerprint density at radius 3 is 2.80 bits per heavy atom. The summed E-state index contributed by atoms with van der Waals surface area (Å²) in [7, 11) is 0. The summed E-state index contributed by atoms with van der Waals surface area (Å²) in [4.78, 5) is 11.5. The molecule has 0 atom stereocenters. The van der Waals surface area contributed by atoms with Gasteiger partial charge in [0.1, 0.15) is 5.82 Å². The normalized spacial score (nSPS) is 9.73. The predicted molar refractivity (Wildman–Crippen MR) is 61.2 cm³/mol. The molecule has 1 amide bonds. The monoisotopic (exact) mass is 272 g/mol. The summed E-state index contributed by atoms with van der Waals surface area (Å²) in [5.41, 5.74) is 5.61. The van der Waals surface area contributed by atoms with E-state index in [2.05, 4.69) is 27.8 Å². The minimum atomic E-state index is -0.531. The lowest BCUT2D eigenvalue weighted by Gasteiger charge is -2.04. The highest BCUT2D eigenvalue weighted by atomic mass is 79.9. The van der Waals surface area contributed by atoms with E-state index in [4.69, 9.17) is 5.73 Å². The molecule has 3 nitrogen and oxygen atoms in total. The quantitative estimate of drug-likeness (QED) is 0.828. The number of hydrogen-bond acceptors (Lipinski definition) is 2. The Balaban J connectivity index is 2.74. The minimum absolute atomic E-state index is 0.0414. The molecule has 0 unspecified atom stereocenters. The number of benzene rings is 1. The average molecular weight is 273 g/mol. The first-order valence-corrected chi connectivity index (χ1v) is 4.96. The third kappa shape index (κ3) is 3.36. The van der Waals surface area contributed by atoms with E-state index in [-0.39, 0.29) is 11.6 Å². The van der Waals surface area contributed by atoms with Crippen LogP contribution in [0.25, 0.3) is 0 Å². The van der Waals surface area contributed by atoms with Crippen molar-refractivity contribution in [3.63, 3.8) is 0 Å². The van der Waals surface area contributed by atoms with E-state index in [9.17, 15) is 9.18 Å². The second-order valence-electron chi connectivity index (χ2n) is 2.94. The molecular formula is C10H10BrFN2O. The molecule has 0 aliphatic rings. The van der Waals surface area contributed by atoms with Gasteiger partial charge in [-0.15, -0.1) is 0 Å². The molecule has 0 bridgehead atoms. The van der Waals surface area contributed by atoms with Gasteiger partial charge in [-0.05, 0) is 18.2 Å². The van der Waals surface area contributed by atoms with E-state index in [1.165, 1.54) is 12.1 Å². The highest BCUT2D eigenvalue weighted by molar-refractivity contribution is 9.11. The third-order valence-electron chi connectivity index (χ3n) is 1.70. The number of carbonyl (C=O) groups excluding carboxylic acids is 1. The van der Waals surface area contributed by atoms with Crippen molar-refractivity contribution in [3.05, 3.63) is 40.6 Å². The van der Waals surface area contributed by atoms with Crippen LogP contribution in [0.3, 0.4) is 0 Å². The third-order valence-corrected chi connectivity index (χ3v) is 1.98. The summed E-state index contributed by atoms with van der Waals surface area (Å²) in [6, 6.07) is 3.83. The van der Waals surface area contributed by atoms with Crippen LogP contribution in [-0.2, 0) is 0 Å². The van der Waals surface area contributed by atoms with Gasteiger partial charge < -0.3 is 11.1 Å². The number of nitrogens with one attached hydrogen (secondary N) is 1. The maximum atomic E-state index is 12.8. The van der Waals surface area contributed by atoms with E-state index >= 15 is 0 Å². The summed E-state index contributed by atoms with van der Waals surface area (Å²) in [5.74, 6) is -0.848. The van der Waals surface area contributed by atoms with E-state index in [1.54, 1.807) is 0 Å². The van der Waals surface area contributed by atoms with Gasteiger partial charge in [-0.25, -0.2) is 4.39 Å². The standard InChI is InChI=1S/C10H10BrFN2O/c1-6(11)5-14-10(15)7-2-3-8(12)9(13)4-7/h2-4H,1,5,13H2,(H,14,15). The molecule has 15 heavy (non-hydrogen) atoms. The fraction of sp³-hybridized carbons (Fsp3) is 0.100. The molecule has 1 rings (SSSR count). The Bertz CT molecular complexity index is 406. The van der Waals surface area contributed by atoms with Crippen molar-refractivity contribution in [3.8, 4) is 0 Å². The summed E-state index contributed by atoms with van der Waals surface area (Å²) < 4.78 is 13.5. The maximum absolute atomic E-state index is 12.8. The molecule has 1 aromatic rings. The van der Waals surface area contributed by atoms with E-state index < -0.39 is 5.82 Å². The lowest BCUT2D eigenvalue weighted by molar-refractivity contribution is 0.0958. The Kier molecular flexibility index (Phi) is 3.85. The lowest BCUT2D eigenvalue weighted by atomic mass is 10.2. The molecule has 0 saturated carbocycles. The molecule has 0 fully saturated rings. The van der Waals surface area contributed by atoms with Crippen molar-refractivity contribution in [2.75, 3.05) is 12.3 Å². The fourth-order valence-corrected chi connectivity index (χ4v) is 1.10. The highest BCUT2D eigenvalue weighted by Gasteiger charge is 2.07. The average Bonchev–Trinajstić information content (AvgIpc) is 2.18. The van der Waals surface area contributed by atoms with Crippen molar-refractivity contribution in [2.24, 2.45) is 0 Å². The van der Waals surface area contributed by atoms with Gasteiger partial charge in [0.25, 0.3) is 5.91 Å². The first kappa shape index (κ1) is 11.7. The fourth-order valence-electron chi connectivity index (χ4n) is 0.963. The van der Waals surface area contributed by atoms with Gasteiger partial charge in [-0.2, -0.15) is 0 Å². The Labute approximate surface area is 95.3 Å². The van der Waals surface area contributed by atoms with Crippen molar-refractivity contribution < 1.29 is 9.18 Å². The zero-order chi connectivity index (χ0) is 11.4. The molecule has 1 aromatic carbocycles. The van der Waals surface area contributed by atoms with Gasteiger partial charge in [-0.3, -0.25) is 4.79 Å². The van der Waals surface area contributed by atoms with Crippen LogP contribution >= 0.6 is 15.9 Å². The van der Waals surface area contributed by atoms with Gasteiger partial charge >= 0.3 is 0 Å². The van der Waals surface area contributed by atoms with E-state index in [1.807, 2.05) is 0 Å². The number of anilines is 1. The zero-order valence-corrected chi connectivity index (χ0v) is 9.47. The largest absolute Gasteiger partial charge is 0.396 e. The Morgan fingerprint density at radius 2 is 2.27 bits per heavy atom. The molecule has 0 spiro atoms. The van der Waals surface area contributed by atoms with Crippen LogP contribution in [0.5, 0.6) is 0 Å². The maximum Gasteiger partial charge on any atom is 0.251 e. The molecule has 3 N–H and O–H groups in total. The second-order valence-corrected chi connectivity index (χ2v) is 4.06. The van der Waals surface area contributed by atoms with Crippen molar-refractivity contribution in [2.45, 2.75) is 0 Å². The minimum Gasteiger partial charge on any atom is -0.396 e.